The van der Waals surface area contributed by atoms with Crippen LogP contribution >= 0.6 is 15.9 Å². The van der Waals surface area contributed by atoms with Gasteiger partial charge in [0.15, 0.2) is 0 Å². The standard InChI is InChI=1S/C24H31BrO3Si/c1-24(2,3)29(4,5)28-23-15-14-20(25)17-21(23)22(26)13-9-10-16-27-18-19-11-7-6-8-12-19/h6-8,11-12,14-15,17,22,26H,10,16,18H2,1-5H3. The summed E-state index contributed by atoms with van der Waals surface area (Å²) in [6, 6.07) is 15.8. The molecule has 1 unspecified atom stereocenters. The number of aliphatic hydroxyl groups is 1. The maximum absolute atomic E-state index is 10.7. The molecule has 3 nitrogen and oxygen atoms in total. The predicted octanol–water partition coefficient (Wildman–Crippen LogP) is 6.48. The lowest BCUT2D eigenvalue weighted by atomic mass is 10.1. The van der Waals surface area contributed by atoms with Crippen molar-refractivity contribution in [2.75, 3.05) is 6.61 Å². The highest BCUT2D eigenvalue weighted by Crippen LogP contribution is 2.39. The molecule has 1 atom stereocenters. The van der Waals surface area contributed by atoms with Crippen LogP contribution in [-0.4, -0.2) is 20.0 Å². The quantitative estimate of drug-likeness (QED) is 0.283. The predicted molar refractivity (Wildman–Crippen MR) is 125 cm³/mol. The van der Waals surface area contributed by atoms with Gasteiger partial charge in [0.1, 0.15) is 11.9 Å². The summed E-state index contributed by atoms with van der Waals surface area (Å²) in [7, 11) is -2.02. The van der Waals surface area contributed by atoms with Crippen molar-refractivity contribution in [3.8, 4) is 17.6 Å². The molecule has 0 saturated carbocycles. The van der Waals surface area contributed by atoms with Crippen molar-refractivity contribution < 1.29 is 14.3 Å². The first-order valence-electron chi connectivity index (χ1n) is 9.87. The summed E-state index contributed by atoms with van der Waals surface area (Å²) in [6.07, 6.45) is -0.336. The van der Waals surface area contributed by atoms with Crippen LogP contribution in [0.5, 0.6) is 5.75 Å². The highest BCUT2D eigenvalue weighted by molar-refractivity contribution is 9.10. The first kappa shape index (κ1) is 23.7. The molecule has 5 heteroatoms. The molecule has 0 amide bonds. The lowest BCUT2D eigenvalue weighted by Gasteiger charge is -2.37. The second-order valence-electron chi connectivity index (χ2n) is 8.56. The minimum Gasteiger partial charge on any atom is -0.543 e. The van der Waals surface area contributed by atoms with Gasteiger partial charge in [-0.15, -0.1) is 0 Å². The molecule has 156 valence electrons. The Labute approximate surface area is 184 Å². The third-order valence-electron chi connectivity index (χ3n) is 5.16. The van der Waals surface area contributed by atoms with Gasteiger partial charge in [0, 0.05) is 16.5 Å². The van der Waals surface area contributed by atoms with E-state index in [1.165, 1.54) is 0 Å². The van der Waals surface area contributed by atoms with E-state index in [1.54, 1.807) is 0 Å². The minimum absolute atomic E-state index is 0.0735. The largest absolute Gasteiger partial charge is 0.543 e. The first-order valence-corrected chi connectivity index (χ1v) is 13.6. The van der Waals surface area contributed by atoms with Gasteiger partial charge in [0.05, 0.1) is 13.2 Å². The topological polar surface area (TPSA) is 38.7 Å². The molecule has 0 saturated heterocycles. The Morgan fingerprint density at radius 1 is 1.10 bits per heavy atom. The van der Waals surface area contributed by atoms with Crippen LogP contribution in [0.1, 0.15) is 44.4 Å². The van der Waals surface area contributed by atoms with E-state index in [-0.39, 0.29) is 5.04 Å². The fraction of sp³-hybridized carbons (Fsp3) is 0.417. The van der Waals surface area contributed by atoms with Crippen molar-refractivity contribution in [3.63, 3.8) is 0 Å². The van der Waals surface area contributed by atoms with Crippen molar-refractivity contribution in [2.24, 2.45) is 0 Å². The van der Waals surface area contributed by atoms with E-state index in [2.05, 4.69) is 61.6 Å². The Hall–Kier alpha value is -1.58. The van der Waals surface area contributed by atoms with Gasteiger partial charge in [-0.25, -0.2) is 0 Å². The molecular formula is C24H31BrO3Si. The van der Waals surface area contributed by atoms with Crippen LogP contribution in [0, 0.1) is 11.8 Å². The van der Waals surface area contributed by atoms with Crippen LogP contribution in [0.15, 0.2) is 53.0 Å². The van der Waals surface area contributed by atoms with Gasteiger partial charge < -0.3 is 14.3 Å². The number of rotatable bonds is 7. The summed E-state index contributed by atoms with van der Waals surface area (Å²) in [5.74, 6) is 6.67. The van der Waals surface area contributed by atoms with Crippen molar-refractivity contribution in [3.05, 3.63) is 64.1 Å². The molecule has 2 aromatic carbocycles. The second-order valence-corrected chi connectivity index (χ2v) is 14.2. The van der Waals surface area contributed by atoms with Gasteiger partial charge in [-0.05, 0) is 41.9 Å². The highest BCUT2D eigenvalue weighted by atomic mass is 79.9. The number of hydrogen-bond donors (Lipinski definition) is 1. The number of ether oxygens (including phenoxy) is 1. The van der Waals surface area contributed by atoms with Gasteiger partial charge in [-0.2, -0.15) is 0 Å². The third kappa shape index (κ3) is 7.31. The lowest BCUT2D eigenvalue weighted by Crippen LogP contribution is -2.44. The summed E-state index contributed by atoms with van der Waals surface area (Å²) in [4.78, 5) is 0. The van der Waals surface area contributed by atoms with Gasteiger partial charge >= 0.3 is 0 Å². The molecule has 1 N–H and O–H groups in total. The van der Waals surface area contributed by atoms with E-state index in [0.29, 0.717) is 30.9 Å². The van der Waals surface area contributed by atoms with Crippen molar-refractivity contribution in [2.45, 2.75) is 58.0 Å². The molecule has 2 rings (SSSR count). The first-order chi connectivity index (χ1) is 13.6. The summed E-state index contributed by atoms with van der Waals surface area (Å²) < 4.78 is 13.0. The number of benzene rings is 2. The van der Waals surface area contributed by atoms with E-state index in [9.17, 15) is 5.11 Å². The molecule has 0 heterocycles. The summed E-state index contributed by atoms with van der Waals surface area (Å²) >= 11 is 3.48. The average molecular weight is 475 g/mol. The summed E-state index contributed by atoms with van der Waals surface area (Å²) in [5, 5.41) is 10.7. The molecule has 0 bridgehead atoms. The number of halogens is 1. The molecule has 0 spiro atoms. The number of aliphatic hydroxyl groups excluding tert-OH is 1. The molecule has 0 radical (unpaired) electrons. The summed E-state index contributed by atoms with van der Waals surface area (Å²) in [5.41, 5.74) is 1.84. The Morgan fingerprint density at radius 3 is 2.45 bits per heavy atom. The molecule has 0 aliphatic carbocycles. The van der Waals surface area contributed by atoms with Crippen LogP contribution in [0.2, 0.25) is 18.1 Å². The van der Waals surface area contributed by atoms with Gasteiger partial charge in [0.25, 0.3) is 0 Å². The molecular weight excluding hydrogens is 444 g/mol. The zero-order valence-electron chi connectivity index (χ0n) is 18.0. The molecule has 0 aromatic heterocycles. The zero-order chi connectivity index (χ0) is 21.5. The van der Waals surface area contributed by atoms with Crippen molar-refractivity contribution >= 4 is 24.2 Å². The minimum atomic E-state index is -2.02. The van der Waals surface area contributed by atoms with E-state index >= 15 is 0 Å². The maximum atomic E-state index is 10.7. The van der Waals surface area contributed by atoms with Crippen LogP contribution in [-0.2, 0) is 11.3 Å². The van der Waals surface area contributed by atoms with Crippen LogP contribution < -0.4 is 4.43 Å². The van der Waals surface area contributed by atoms with Crippen LogP contribution in [0.4, 0.5) is 0 Å². The lowest BCUT2D eigenvalue weighted by molar-refractivity contribution is 0.126. The maximum Gasteiger partial charge on any atom is 0.250 e. The van der Waals surface area contributed by atoms with Crippen LogP contribution in [0.3, 0.4) is 0 Å². The number of hydrogen-bond acceptors (Lipinski definition) is 3. The van der Waals surface area contributed by atoms with E-state index in [1.807, 2.05) is 48.5 Å². The Kier molecular flexibility index (Phi) is 8.54. The van der Waals surface area contributed by atoms with Gasteiger partial charge in [-0.1, -0.05) is 78.9 Å². The van der Waals surface area contributed by atoms with Gasteiger partial charge in [-0.3, -0.25) is 0 Å². The van der Waals surface area contributed by atoms with E-state index in [0.717, 1.165) is 10.0 Å². The normalized spacial score (nSPS) is 12.8. The fourth-order valence-electron chi connectivity index (χ4n) is 2.39. The second kappa shape index (κ2) is 10.4. The molecule has 0 aliphatic rings. The monoisotopic (exact) mass is 474 g/mol. The van der Waals surface area contributed by atoms with E-state index in [4.69, 9.17) is 9.16 Å². The average Bonchev–Trinajstić information content (AvgIpc) is 2.65. The molecule has 0 fully saturated rings. The fourth-order valence-corrected chi connectivity index (χ4v) is 3.81. The third-order valence-corrected chi connectivity index (χ3v) is 10.00. The molecule has 29 heavy (non-hydrogen) atoms. The Balaban J connectivity index is 1.99. The summed E-state index contributed by atoms with van der Waals surface area (Å²) in [6.45, 7) is 12.1. The molecule has 2 aromatic rings. The van der Waals surface area contributed by atoms with E-state index < -0.39 is 14.4 Å². The zero-order valence-corrected chi connectivity index (χ0v) is 20.5. The van der Waals surface area contributed by atoms with Crippen LogP contribution in [0.25, 0.3) is 0 Å². The highest BCUT2D eigenvalue weighted by Gasteiger charge is 2.39. The van der Waals surface area contributed by atoms with Crippen molar-refractivity contribution in [1.29, 1.82) is 0 Å². The Bertz CT molecular complexity index is 848. The van der Waals surface area contributed by atoms with Gasteiger partial charge in [0.2, 0.25) is 8.32 Å². The SMILES string of the molecule is CC(C)(C)[Si](C)(C)Oc1ccc(Br)cc1C(O)C#CCCOCc1ccccc1. The molecule has 0 aliphatic heterocycles. The smallest absolute Gasteiger partial charge is 0.250 e. The Morgan fingerprint density at radius 2 is 1.79 bits per heavy atom. The van der Waals surface area contributed by atoms with Crippen molar-refractivity contribution in [1.82, 2.24) is 0 Å².